The predicted molar refractivity (Wildman–Crippen MR) is 204 cm³/mol. The van der Waals surface area contributed by atoms with Gasteiger partial charge in [0.2, 0.25) is 0 Å². The quantitative estimate of drug-likeness (QED) is 0.0431. The van der Waals surface area contributed by atoms with Crippen LogP contribution in [0.5, 0.6) is 0 Å². The van der Waals surface area contributed by atoms with Crippen molar-refractivity contribution in [3.8, 4) is 0 Å². The molecular formula is C42H82O6Ti. The molecule has 0 aliphatic rings. The van der Waals surface area contributed by atoms with Crippen molar-refractivity contribution in [3.05, 3.63) is 24.3 Å². The van der Waals surface area contributed by atoms with Crippen LogP contribution in [0.4, 0.5) is 0 Å². The number of hydrogen-bond acceptors (Lipinski definition) is 6. The average molecular weight is 731 g/mol. The number of carbonyl (C=O) groups is 2. The Morgan fingerprint density at radius 3 is 0.816 bits per heavy atom. The Balaban J connectivity index is -0.000000212. The fraction of sp³-hybridized carbons (Fsp3) is 0.857. The number of unbranched alkanes of at least 4 members (excludes halogenated alkanes) is 22. The van der Waals surface area contributed by atoms with E-state index < -0.39 is 11.9 Å². The Kier molecular flexibility index (Phi) is 63.1. The van der Waals surface area contributed by atoms with E-state index in [0.29, 0.717) is 0 Å². The Bertz CT molecular complexity index is 602. The Labute approximate surface area is 320 Å². The summed E-state index contributed by atoms with van der Waals surface area (Å²) in [6.45, 7) is 11.4. The van der Waals surface area contributed by atoms with E-state index in [2.05, 4.69) is 38.2 Å². The number of carboxylic acids is 2. The fourth-order valence-electron chi connectivity index (χ4n) is 4.68. The summed E-state index contributed by atoms with van der Waals surface area (Å²) in [6.07, 6.45) is 41.5. The van der Waals surface area contributed by atoms with E-state index in [9.17, 15) is 19.8 Å². The molecule has 0 aromatic carbocycles. The molecule has 6 nitrogen and oxygen atoms in total. The zero-order valence-corrected chi connectivity index (χ0v) is 34.9. The molecule has 0 fully saturated rings. The number of carbonyl (C=O) groups excluding carboxylic acids is 2. The van der Waals surface area contributed by atoms with E-state index in [0.717, 1.165) is 38.5 Å². The van der Waals surface area contributed by atoms with Gasteiger partial charge < -0.3 is 30.0 Å². The van der Waals surface area contributed by atoms with Crippen LogP contribution in [0.2, 0.25) is 0 Å². The summed E-state index contributed by atoms with van der Waals surface area (Å²) in [6, 6.07) is 0. The van der Waals surface area contributed by atoms with E-state index in [1.165, 1.54) is 128 Å². The molecule has 0 aromatic rings. The molecule has 0 rings (SSSR count). The molecule has 0 radical (unpaired) electrons. The Morgan fingerprint density at radius 2 is 0.612 bits per heavy atom. The van der Waals surface area contributed by atoms with E-state index >= 15 is 0 Å². The van der Waals surface area contributed by atoms with E-state index in [-0.39, 0.29) is 46.8 Å². The summed E-state index contributed by atoms with van der Waals surface area (Å²) >= 11 is 0. The van der Waals surface area contributed by atoms with Crippen molar-refractivity contribution in [2.24, 2.45) is 0 Å². The van der Waals surface area contributed by atoms with Gasteiger partial charge in [-0.15, -0.1) is 0 Å². The van der Waals surface area contributed by atoms with Gasteiger partial charge in [0.15, 0.2) is 0 Å². The number of aliphatic hydroxyl groups is 2. The second-order valence-electron chi connectivity index (χ2n) is 13.6. The molecule has 7 heteroatoms. The second-order valence-corrected chi connectivity index (χ2v) is 13.6. The van der Waals surface area contributed by atoms with Crippen LogP contribution in [-0.2, 0) is 31.3 Å². The normalized spacial score (nSPS) is 10.7. The number of allylic oxidation sites excluding steroid dienone is 4. The molecule has 290 valence electrons. The maximum Gasteiger partial charge on any atom is 2.00 e. The van der Waals surface area contributed by atoms with Crippen LogP contribution in [0.25, 0.3) is 0 Å². The Morgan fingerprint density at radius 1 is 0.429 bits per heavy atom. The molecular weight excluding hydrogens is 648 g/mol. The third kappa shape index (κ3) is 87.4. The first-order valence-corrected chi connectivity index (χ1v) is 20.1. The van der Waals surface area contributed by atoms with Crippen LogP contribution in [0.3, 0.4) is 0 Å². The predicted octanol–water partition coefficient (Wildman–Crippen LogP) is 10.3. The molecule has 49 heavy (non-hydrogen) atoms. The van der Waals surface area contributed by atoms with Crippen LogP contribution in [0.15, 0.2) is 24.3 Å². The van der Waals surface area contributed by atoms with Gasteiger partial charge in [-0.1, -0.05) is 141 Å². The smallest absolute Gasteiger partial charge is 0.550 e. The van der Waals surface area contributed by atoms with E-state index in [1.807, 2.05) is 0 Å². The summed E-state index contributed by atoms with van der Waals surface area (Å²) < 4.78 is 0. The molecule has 0 heterocycles. The number of carboxylic acid groups (broad SMARTS) is 2. The minimum Gasteiger partial charge on any atom is -0.550 e. The second kappa shape index (κ2) is 53.8. The van der Waals surface area contributed by atoms with Crippen LogP contribution < -0.4 is 10.2 Å². The zero-order chi connectivity index (χ0) is 36.9. The van der Waals surface area contributed by atoms with Crippen molar-refractivity contribution in [3.63, 3.8) is 0 Å². The van der Waals surface area contributed by atoms with Crippen LogP contribution in [-0.4, -0.2) is 34.4 Å². The van der Waals surface area contributed by atoms with Gasteiger partial charge in [-0.3, -0.25) is 0 Å². The summed E-state index contributed by atoms with van der Waals surface area (Å²) in [7, 11) is 0. The SMILES string of the molecule is CC(C)O.CC(C)O.CCCCCCCC/C=C\CCCCCCCC(=O)[O-].CCCCCCCC/C=C\CCCCCCCC(=O)[O-].[Ti+2]. The molecule has 0 atom stereocenters. The third-order valence-electron chi connectivity index (χ3n) is 7.29. The van der Waals surface area contributed by atoms with E-state index in [1.54, 1.807) is 27.7 Å². The van der Waals surface area contributed by atoms with Crippen LogP contribution in [0, 0.1) is 0 Å². The van der Waals surface area contributed by atoms with Gasteiger partial charge in [-0.25, -0.2) is 0 Å². The van der Waals surface area contributed by atoms with Crippen molar-refractivity contribution < 1.29 is 51.7 Å². The Hall–Kier alpha value is -0.946. The van der Waals surface area contributed by atoms with Gasteiger partial charge >= 0.3 is 21.7 Å². The summed E-state index contributed by atoms with van der Waals surface area (Å²) in [5.74, 6) is -1.83. The standard InChI is InChI=1S/2C18H34O2.2C3H8O.Ti/c2*1-2-3-4-5-6-7-8-9-10-11-12-13-14-15-16-17-18(19)20;2*1-3(2)4;/h2*9-10H,2-8,11-17H2,1H3,(H,19,20);2*3-4H,1-2H3;/q;;;;+2/p-2/b2*10-9-;;;. The topological polar surface area (TPSA) is 121 Å². The molecule has 0 aromatic heterocycles. The summed E-state index contributed by atoms with van der Waals surface area (Å²) in [5, 5.41) is 36.5. The van der Waals surface area contributed by atoms with Gasteiger partial charge in [0.05, 0.1) is 0 Å². The summed E-state index contributed by atoms with van der Waals surface area (Å²) in [4.78, 5) is 20.4. The van der Waals surface area contributed by atoms with Gasteiger partial charge in [-0.05, 0) is 105 Å². The minimum absolute atomic E-state index is 0. The van der Waals surface area contributed by atoms with Gasteiger partial charge in [0, 0.05) is 24.1 Å². The van der Waals surface area contributed by atoms with Crippen LogP contribution >= 0.6 is 0 Å². The number of rotatable bonds is 30. The monoisotopic (exact) mass is 731 g/mol. The first kappa shape index (κ1) is 57.4. The van der Waals surface area contributed by atoms with Gasteiger partial charge in [-0.2, -0.15) is 0 Å². The van der Waals surface area contributed by atoms with Crippen molar-refractivity contribution in [1.29, 1.82) is 0 Å². The minimum atomic E-state index is -0.914. The molecule has 0 unspecified atom stereocenters. The van der Waals surface area contributed by atoms with Crippen molar-refractivity contribution in [2.75, 3.05) is 0 Å². The maximum absolute atomic E-state index is 10.2. The van der Waals surface area contributed by atoms with Gasteiger partial charge in [0.1, 0.15) is 0 Å². The fourth-order valence-corrected chi connectivity index (χ4v) is 4.68. The molecule has 0 saturated carbocycles. The summed E-state index contributed by atoms with van der Waals surface area (Å²) in [5.41, 5.74) is 0. The average Bonchev–Trinajstić information content (AvgIpc) is 3.00. The largest absolute Gasteiger partial charge is 2.00 e. The van der Waals surface area contributed by atoms with Crippen molar-refractivity contribution in [2.45, 2.75) is 234 Å². The first-order valence-electron chi connectivity index (χ1n) is 20.1. The number of hydrogen-bond donors (Lipinski definition) is 2. The van der Waals surface area contributed by atoms with Crippen molar-refractivity contribution in [1.82, 2.24) is 0 Å². The molecule has 0 spiro atoms. The molecule has 0 aliphatic carbocycles. The van der Waals surface area contributed by atoms with E-state index in [4.69, 9.17) is 10.2 Å². The molecule has 0 bridgehead atoms. The van der Waals surface area contributed by atoms with Crippen LogP contribution in [0.1, 0.15) is 221 Å². The zero-order valence-electron chi connectivity index (χ0n) is 33.3. The molecule has 0 amide bonds. The molecule has 0 aliphatic heterocycles. The number of aliphatic carboxylic acids is 2. The molecule has 0 saturated heterocycles. The first-order chi connectivity index (χ1) is 23.0. The third-order valence-corrected chi connectivity index (χ3v) is 7.29. The maximum atomic E-state index is 10.2. The molecule has 2 N–H and O–H groups in total. The van der Waals surface area contributed by atoms with Gasteiger partial charge in [0.25, 0.3) is 0 Å². The van der Waals surface area contributed by atoms with Crippen molar-refractivity contribution >= 4 is 11.9 Å². The number of aliphatic hydroxyl groups excluding tert-OH is 2.